The van der Waals surface area contributed by atoms with Crippen LogP contribution in [-0.2, 0) is 11.2 Å². The summed E-state index contributed by atoms with van der Waals surface area (Å²) in [4.78, 5) is 15.0. The maximum Gasteiger partial charge on any atom is 0.229 e. The summed E-state index contributed by atoms with van der Waals surface area (Å²) >= 11 is 0. The summed E-state index contributed by atoms with van der Waals surface area (Å²) in [6.45, 7) is 1.19. The van der Waals surface area contributed by atoms with Crippen LogP contribution in [-0.4, -0.2) is 24.0 Å². The molecular formula is C8H13N3O2. The lowest BCUT2D eigenvalue weighted by Crippen LogP contribution is -2.27. The molecule has 0 aliphatic rings. The number of hydrogen-bond donors (Lipinski definition) is 2. The van der Waals surface area contributed by atoms with Crippen LogP contribution in [0.5, 0.6) is 0 Å². The minimum atomic E-state index is -0.0871. The van der Waals surface area contributed by atoms with Crippen molar-refractivity contribution >= 4 is 5.91 Å². The Balaban J connectivity index is 2.18. The number of hydrogen-bond acceptors (Lipinski definition) is 4. The van der Waals surface area contributed by atoms with Crippen molar-refractivity contribution in [2.75, 3.05) is 13.1 Å². The molecule has 0 bridgehead atoms. The number of amides is 1. The van der Waals surface area contributed by atoms with Gasteiger partial charge in [0.25, 0.3) is 0 Å². The van der Waals surface area contributed by atoms with Gasteiger partial charge in [-0.25, -0.2) is 4.98 Å². The quantitative estimate of drug-likeness (QED) is 0.613. The molecule has 1 rings (SSSR count). The van der Waals surface area contributed by atoms with E-state index in [1.807, 2.05) is 0 Å². The normalized spacial score (nSPS) is 9.92. The SMILES string of the molecule is NCCCNC(=O)Cc1ncco1. The molecule has 1 heterocycles. The fourth-order valence-electron chi connectivity index (χ4n) is 0.870. The van der Waals surface area contributed by atoms with E-state index < -0.39 is 0 Å². The van der Waals surface area contributed by atoms with Gasteiger partial charge in [0.1, 0.15) is 12.7 Å². The van der Waals surface area contributed by atoms with Gasteiger partial charge < -0.3 is 15.5 Å². The Bertz CT molecular complexity index is 246. The Morgan fingerprint density at radius 1 is 1.69 bits per heavy atom. The zero-order valence-corrected chi connectivity index (χ0v) is 7.32. The van der Waals surface area contributed by atoms with E-state index in [2.05, 4.69) is 10.3 Å². The Hall–Kier alpha value is -1.36. The Morgan fingerprint density at radius 3 is 3.15 bits per heavy atom. The molecule has 0 aliphatic carbocycles. The number of oxazole rings is 1. The highest BCUT2D eigenvalue weighted by Gasteiger charge is 2.05. The van der Waals surface area contributed by atoms with Gasteiger partial charge in [0.2, 0.25) is 11.8 Å². The largest absolute Gasteiger partial charge is 0.448 e. The zero-order chi connectivity index (χ0) is 9.52. The molecule has 1 aromatic rings. The van der Waals surface area contributed by atoms with Crippen LogP contribution in [0, 0.1) is 0 Å². The van der Waals surface area contributed by atoms with Crippen LogP contribution in [0.25, 0.3) is 0 Å². The summed E-state index contributed by atoms with van der Waals surface area (Å²) in [5, 5.41) is 2.70. The summed E-state index contributed by atoms with van der Waals surface area (Å²) in [7, 11) is 0. The number of carbonyl (C=O) groups excluding carboxylic acids is 1. The number of carbonyl (C=O) groups is 1. The molecule has 72 valence electrons. The van der Waals surface area contributed by atoms with Crippen molar-refractivity contribution in [3.63, 3.8) is 0 Å². The molecule has 0 fully saturated rings. The van der Waals surface area contributed by atoms with Crippen molar-refractivity contribution in [1.82, 2.24) is 10.3 Å². The van der Waals surface area contributed by atoms with Crippen molar-refractivity contribution < 1.29 is 9.21 Å². The summed E-state index contributed by atoms with van der Waals surface area (Å²) in [6.07, 6.45) is 3.94. The van der Waals surface area contributed by atoms with E-state index in [9.17, 15) is 4.79 Å². The van der Waals surface area contributed by atoms with Crippen LogP contribution in [0.2, 0.25) is 0 Å². The van der Waals surface area contributed by atoms with Crippen molar-refractivity contribution in [3.8, 4) is 0 Å². The van der Waals surface area contributed by atoms with Crippen LogP contribution < -0.4 is 11.1 Å². The second kappa shape index (κ2) is 5.31. The van der Waals surface area contributed by atoms with Gasteiger partial charge in [0.05, 0.1) is 6.20 Å². The summed E-state index contributed by atoms with van der Waals surface area (Å²) in [5.74, 6) is 0.348. The smallest absolute Gasteiger partial charge is 0.229 e. The molecule has 0 radical (unpaired) electrons. The van der Waals surface area contributed by atoms with E-state index in [0.717, 1.165) is 6.42 Å². The van der Waals surface area contributed by atoms with Gasteiger partial charge >= 0.3 is 0 Å². The van der Waals surface area contributed by atoms with Crippen LogP contribution >= 0.6 is 0 Å². The molecule has 5 nitrogen and oxygen atoms in total. The summed E-state index contributed by atoms with van der Waals surface area (Å²) in [5.41, 5.74) is 5.27. The molecule has 3 N–H and O–H groups in total. The van der Waals surface area contributed by atoms with Crippen molar-refractivity contribution in [2.45, 2.75) is 12.8 Å². The molecule has 0 spiro atoms. The lowest BCUT2D eigenvalue weighted by atomic mass is 10.3. The highest BCUT2D eigenvalue weighted by molar-refractivity contribution is 5.77. The first-order valence-corrected chi connectivity index (χ1v) is 4.18. The molecule has 0 saturated heterocycles. The van der Waals surface area contributed by atoms with Crippen LogP contribution in [0.3, 0.4) is 0 Å². The lowest BCUT2D eigenvalue weighted by Gasteiger charge is -2.00. The second-order valence-corrected chi connectivity index (χ2v) is 2.59. The molecule has 0 aliphatic heterocycles. The highest BCUT2D eigenvalue weighted by Crippen LogP contribution is 1.94. The van der Waals surface area contributed by atoms with Gasteiger partial charge in [-0.1, -0.05) is 0 Å². The lowest BCUT2D eigenvalue weighted by molar-refractivity contribution is -0.120. The summed E-state index contributed by atoms with van der Waals surface area (Å²) in [6, 6.07) is 0. The molecule has 0 atom stereocenters. The molecule has 0 unspecified atom stereocenters. The number of nitrogens with one attached hydrogen (secondary N) is 1. The Morgan fingerprint density at radius 2 is 2.54 bits per heavy atom. The van der Waals surface area contributed by atoms with Gasteiger partial charge in [0.15, 0.2) is 0 Å². The molecule has 0 aromatic carbocycles. The predicted molar refractivity (Wildman–Crippen MR) is 46.9 cm³/mol. The van der Waals surface area contributed by atoms with E-state index >= 15 is 0 Å². The van der Waals surface area contributed by atoms with Crippen LogP contribution in [0.4, 0.5) is 0 Å². The van der Waals surface area contributed by atoms with Crippen LogP contribution in [0.15, 0.2) is 16.9 Å². The van der Waals surface area contributed by atoms with Crippen molar-refractivity contribution in [3.05, 3.63) is 18.4 Å². The maximum atomic E-state index is 11.1. The van der Waals surface area contributed by atoms with E-state index in [1.165, 1.54) is 12.5 Å². The Labute approximate surface area is 76.3 Å². The molecular weight excluding hydrogens is 170 g/mol. The maximum absolute atomic E-state index is 11.1. The van der Waals surface area contributed by atoms with Crippen molar-refractivity contribution in [2.24, 2.45) is 5.73 Å². The van der Waals surface area contributed by atoms with E-state index in [4.69, 9.17) is 10.2 Å². The van der Waals surface area contributed by atoms with E-state index in [-0.39, 0.29) is 12.3 Å². The number of rotatable bonds is 5. The first kappa shape index (κ1) is 9.73. The van der Waals surface area contributed by atoms with Gasteiger partial charge in [-0.05, 0) is 13.0 Å². The standard InChI is InChI=1S/C8H13N3O2/c9-2-1-3-10-7(12)6-8-11-4-5-13-8/h4-5H,1-3,6,9H2,(H,10,12). The molecule has 5 heteroatoms. The third kappa shape index (κ3) is 3.71. The first-order valence-electron chi connectivity index (χ1n) is 4.18. The molecule has 1 aromatic heterocycles. The minimum absolute atomic E-state index is 0.0871. The fraction of sp³-hybridized carbons (Fsp3) is 0.500. The molecule has 13 heavy (non-hydrogen) atoms. The topological polar surface area (TPSA) is 81.1 Å². The average molecular weight is 183 g/mol. The van der Waals surface area contributed by atoms with Crippen LogP contribution in [0.1, 0.15) is 12.3 Å². The van der Waals surface area contributed by atoms with Gasteiger partial charge in [-0.3, -0.25) is 4.79 Å². The number of aromatic nitrogens is 1. The summed E-state index contributed by atoms with van der Waals surface area (Å²) < 4.78 is 4.91. The average Bonchev–Trinajstić information content (AvgIpc) is 2.57. The number of nitrogens with two attached hydrogens (primary N) is 1. The van der Waals surface area contributed by atoms with Crippen molar-refractivity contribution in [1.29, 1.82) is 0 Å². The molecule has 0 saturated carbocycles. The second-order valence-electron chi connectivity index (χ2n) is 2.59. The fourth-order valence-corrected chi connectivity index (χ4v) is 0.870. The minimum Gasteiger partial charge on any atom is -0.448 e. The zero-order valence-electron chi connectivity index (χ0n) is 7.32. The highest BCUT2D eigenvalue weighted by atomic mass is 16.3. The Kier molecular flexibility index (Phi) is 3.98. The van der Waals surface area contributed by atoms with Gasteiger partial charge in [-0.15, -0.1) is 0 Å². The third-order valence-corrected chi connectivity index (χ3v) is 1.50. The predicted octanol–water partition coefficient (Wildman–Crippen LogP) is -0.318. The molecule has 1 amide bonds. The monoisotopic (exact) mass is 183 g/mol. The van der Waals surface area contributed by atoms with Gasteiger partial charge in [-0.2, -0.15) is 0 Å². The third-order valence-electron chi connectivity index (χ3n) is 1.50. The van der Waals surface area contributed by atoms with E-state index in [0.29, 0.717) is 19.0 Å². The number of nitrogens with zero attached hydrogens (tertiary/aromatic N) is 1. The van der Waals surface area contributed by atoms with E-state index in [1.54, 1.807) is 0 Å². The van der Waals surface area contributed by atoms with Gasteiger partial charge in [0, 0.05) is 6.54 Å². The first-order chi connectivity index (χ1) is 6.33.